The van der Waals surface area contributed by atoms with Crippen molar-refractivity contribution in [3.8, 4) is 5.75 Å². The Balaban J connectivity index is 1.32. The second-order valence-corrected chi connectivity index (χ2v) is 13.8. The molecule has 4 heterocycles. The van der Waals surface area contributed by atoms with Crippen molar-refractivity contribution in [2.24, 2.45) is 5.92 Å². The van der Waals surface area contributed by atoms with Gasteiger partial charge in [-0.1, -0.05) is 56.3 Å². The quantitative estimate of drug-likeness (QED) is 0.210. The van der Waals surface area contributed by atoms with Crippen LogP contribution in [0.2, 0.25) is 0 Å². The summed E-state index contributed by atoms with van der Waals surface area (Å²) in [6.07, 6.45) is 3.13. The van der Waals surface area contributed by atoms with Crippen LogP contribution in [0.5, 0.6) is 5.75 Å². The fraction of sp³-hybridized carbons (Fsp3) is 0.395. The predicted molar refractivity (Wildman–Crippen MR) is 189 cm³/mol. The number of rotatable bonds is 8. The molecule has 0 radical (unpaired) electrons. The molecule has 2 aliphatic rings. The zero-order valence-corrected chi connectivity index (χ0v) is 30.0. The normalized spacial score (nSPS) is 22.3. The molecule has 1 saturated heterocycles. The van der Waals surface area contributed by atoms with Gasteiger partial charge in [0, 0.05) is 19.0 Å². The second-order valence-electron chi connectivity index (χ2n) is 13.8. The smallest absolute Gasteiger partial charge is 0.276 e. The fourth-order valence-corrected chi connectivity index (χ4v) is 6.53. The number of carbonyl (C=O) groups is 5. The number of nitrogens with one attached hydrogen (secondary N) is 4. The molecule has 53 heavy (non-hydrogen) atoms. The van der Waals surface area contributed by atoms with Crippen molar-refractivity contribution < 1.29 is 37.5 Å². The summed E-state index contributed by atoms with van der Waals surface area (Å²) in [6.45, 7) is 5.51. The minimum atomic E-state index is -1.03. The lowest BCUT2D eigenvalue weighted by molar-refractivity contribution is -0.126. The second kappa shape index (κ2) is 16.1. The molecule has 4 aromatic rings. The lowest BCUT2D eigenvalue weighted by atomic mass is 10.0. The third-order valence-corrected chi connectivity index (χ3v) is 9.20. The van der Waals surface area contributed by atoms with E-state index >= 15 is 0 Å². The summed E-state index contributed by atoms with van der Waals surface area (Å²) in [5, 5.41) is 11.5. The lowest BCUT2D eigenvalue weighted by Gasteiger charge is -2.25. The third kappa shape index (κ3) is 8.91. The van der Waals surface area contributed by atoms with Crippen LogP contribution in [0.1, 0.15) is 89.6 Å². The van der Waals surface area contributed by atoms with E-state index < -0.39 is 53.8 Å². The number of hydrogen-bond acceptors (Lipinski definition) is 10. The highest BCUT2D eigenvalue weighted by molar-refractivity contribution is 5.97. The Labute approximate surface area is 306 Å². The van der Waals surface area contributed by atoms with E-state index in [4.69, 9.17) is 13.6 Å². The van der Waals surface area contributed by atoms with Crippen molar-refractivity contribution in [2.75, 3.05) is 13.7 Å². The number of methoxy groups -OCH3 is 1. The molecule has 15 nitrogen and oxygen atoms in total. The van der Waals surface area contributed by atoms with E-state index in [0.717, 1.165) is 11.1 Å². The third-order valence-electron chi connectivity index (χ3n) is 9.20. The molecule has 0 aliphatic carbocycles. The van der Waals surface area contributed by atoms with E-state index in [1.807, 2.05) is 44.2 Å². The molecule has 2 aromatic carbocycles. The lowest BCUT2D eigenvalue weighted by Crippen LogP contribution is -2.48. The minimum Gasteiger partial charge on any atom is -0.497 e. The van der Waals surface area contributed by atoms with E-state index in [2.05, 4.69) is 31.2 Å². The van der Waals surface area contributed by atoms with Crippen molar-refractivity contribution in [3.05, 3.63) is 101 Å². The van der Waals surface area contributed by atoms with Crippen molar-refractivity contribution in [1.82, 2.24) is 36.1 Å². The molecule has 2 aliphatic heterocycles. The van der Waals surface area contributed by atoms with Gasteiger partial charge in [0.05, 0.1) is 13.5 Å². The van der Waals surface area contributed by atoms with Gasteiger partial charge in [0.15, 0.2) is 11.4 Å². The van der Waals surface area contributed by atoms with Crippen LogP contribution in [0, 0.1) is 5.92 Å². The number of oxazole rings is 2. The summed E-state index contributed by atoms with van der Waals surface area (Å²) in [5.41, 5.74) is 1.47. The molecule has 278 valence electrons. The molecule has 1 fully saturated rings. The number of carbonyl (C=O) groups excluding carboxylic acids is 5. The van der Waals surface area contributed by atoms with Gasteiger partial charge in [0.2, 0.25) is 29.5 Å². The predicted octanol–water partition coefficient (Wildman–Crippen LogP) is 3.05. The summed E-state index contributed by atoms with van der Waals surface area (Å²) in [6, 6.07) is 12.3. The summed E-state index contributed by atoms with van der Waals surface area (Å²) in [7, 11) is 1.56. The first kappa shape index (κ1) is 36.8. The number of aromatic nitrogens is 2. The summed E-state index contributed by atoms with van der Waals surface area (Å²) in [5.74, 6) is -1.65. The van der Waals surface area contributed by atoms with Crippen LogP contribution in [-0.2, 0) is 27.2 Å². The molecule has 15 heteroatoms. The Morgan fingerprint density at radius 2 is 1.58 bits per heavy atom. The van der Waals surface area contributed by atoms with Crippen LogP contribution >= 0.6 is 0 Å². The molecule has 0 saturated carbocycles. The zero-order valence-electron chi connectivity index (χ0n) is 30.0. The van der Waals surface area contributed by atoms with Gasteiger partial charge in [-0.15, -0.1) is 0 Å². The first-order valence-corrected chi connectivity index (χ1v) is 17.6. The van der Waals surface area contributed by atoms with Crippen LogP contribution in [0.25, 0.3) is 0 Å². The van der Waals surface area contributed by atoms with Gasteiger partial charge in [-0.2, -0.15) is 0 Å². The Hall–Kier alpha value is -5.99. The molecule has 6 rings (SSSR count). The Bertz CT molecular complexity index is 1940. The molecular weight excluding hydrogens is 682 g/mol. The average Bonchev–Trinajstić information content (AvgIpc) is 3.92. The van der Waals surface area contributed by atoms with E-state index in [1.165, 1.54) is 17.4 Å². The summed E-state index contributed by atoms with van der Waals surface area (Å²) < 4.78 is 16.6. The van der Waals surface area contributed by atoms with Gasteiger partial charge in [-0.3, -0.25) is 24.0 Å². The van der Waals surface area contributed by atoms with Crippen molar-refractivity contribution in [3.63, 3.8) is 0 Å². The van der Waals surface area contributed by atoms with E-state index in [9.17, 15) is 24.0 Å². The van der Waals surface area contributed by atoms with Gasteiger partial charge >= 0.3 is 0 Å². The highest BCUT2D eigenvalue weighted by Gasteiger charge is 2.42. The maximum atomic E-state index is 14.2. The molecule has 5 amide bonds. The van der Waals surface area contributed by atoms with Crippen LogP contribution in [-0.4, -0.2) is 76.2 Å². The van der Waals surface area contributed by atoms with Crippen molar-refractivity contribution >= 4 is 29.5 Å². The van der Waals surface area contributed by atoms with Crippen molar-refractivity contribution in [1.29, 1.82) is 0 Å². The molecule has 0 spiro atoms. The van der Waals surface area contributed by atoms with E-state index in [0.29, 0.717) is 12.2 Å². The molecule has 5 atom stereocenters. The first-order valence-electron chi connectivity index (χ1n) is 17.6. The van der Waals surface area contributed by atoms with Crippen molar-refractivity contribution in [2.45, 2.75) is 76.7 Å². The van der Waals surface area contributed by atoms with Gasteiger partial charge in [0.25, 0.3) is 11.8 Å². The SMILES string of the molecule is COc1ccc(CC(=O)N[C@H]2C[C@H]3C(=O)N[C@@H](Cc4ccccc4)c4nc(co4)C(=O)N[C@H](CC(C)C)C(=O)N[C@H](C)c4nc(co4)C(=O)N3C2)cc1. The maximum absolute atomic E-state index is 14.2. The van der Waals surface area contributed by atoms with Crippen LogP contribution in [0.15, 0.2) is 76.0 Å². The number of amides is 5. The van der Waals surface area contributed by atoms with Gasteiger partial charge in [-0.05, 0) is 48.9 Å². The number of ether oxygens (including phenoxy) is 1. The maximum Gasteiger partial charge on any atom is 0.276 e. The summed E-state index contributed by atoms with van der Waals surface area (Å²) >= 11 is 0. The van der Waals surface area contributed by atoms with Crippen LogP contribution in [0.4, 0.5) is 0 Å². The highest BCUT2D eigenvalue weighted by Crippen LogP contribution is 2.26. The van der Waals surface area contributed by atoms with E-state index in [-0.39, 0.29) is 60.8 Å². The van der Waals surface area contributed by atoms with Crippen LogP contribution in [0.3, 0.4) is 0 Å². The molecule has 4 bridgehead atoms. The minimum absolute atomic E-state index is 0.0172. The average molecular weight is 726 g/mol. The first-order chi connectivity index (χ1) is 25.5. The standard InChI is InChI=1S/C38H43N7O8/c1-21(2)14-27-33(47)39-22(3)36-44-30(20-52-36)38(50)45-18-25(40-32(46)16-24-10-12-26(51-4)13-11-24)17-31(45)35(49)42-28(15-23-8-6-5-7-9-23)37-43-29(19-53-37)34(48)41-27/h5-13,19-22,25,27-28,31H,14-18H2,1-4H3,(H,39,47)(H,40,46)(H,41,48)(H,42,49)/t22-,25+,27-,28+,31+/m1/s1. The van der Waals surface area contributed by atoms with E-state index in [1.54, 1.807) is 38.3 Å². The molecular formula is C38H43N7O8. The largest absolute Gasteiger partial charge is 0.497 e. The number of hydrogen-bond donors (Lipinski definition) is 4. The Morgan fingerprint density at radius 3 is 2.30 bits per heavy atom. The number of fused-ring (bicyclic) bond motifs is 5. The topological polar surface area (TPSA) is 198 Å². The molecule has 4 N–H and O–H groups in total. The molecule has 0 unspecified atom stereocenters. The Morgan fingerprint density at radius 1 is 0.887 bits per heavy atom. The highest BCUT2D eigenvalue weighted by atomic mass is 16.5. The zero-order chi connectivity index (χ0) is 37.6. The molecule has 2 aromatic heterocycles. The van der Waals surface area contributed by atoms with Gasteiger partial charge < -0.3 is 39.7 Å². The number of nitrogens with zero attached hydrogens (tertiary/aromatic N) is 3. The summed E-state index contributed by atoms with van der Waals surface area (Å²) in [4.78, 5) is 78.5. The van der Waals surface area contributed by atoms with Crippen LogP contribution < -0.4 is 26.0 Å². The fourth-order valence-electron chi connectivity index (χ4n) is 6.53. The van der Waals surface area contributed by atoms with Gasteiger partial charge in [0.1, 0.15) is 42.4 Å². The van der Waals surface area contributed by atoms with Gasteiger partial charge in [-0.25, -0.2) is 9.97 Å². The Kier molecular flexibility index (Phi) is 11.2. The number of benzene rings is 2. The monoisotopic (exact) mass is 725 g/mol.